The largest absolute Gasteiger partial charge is 0.477 e. The predicted molar refractivity (Wildman–Crippen MR) is 58.9 cm³/mol. The summed E-state index contributed by atoms with van der Waals surface area (Å²) in [6.45, 7) is 1.55. The highest BCUT2D eigenvalue weighted by atomic mass is 35.5. The van der Waals surface area contributed by atoms with Crippen LogP contribution in [0.1, 0.15) is 17.3 Å². The zero-order valence-electron chi connectivity index (χ0n) is 8.90. The summed E-state index contributed by atoms with van der Waals surface area (Å²) in [5.74, 6) is -0.152. The lowest BCUT2D eigenvalue weighted by Gasteiger charge is -2.13. The van der Waals surface area contributed by atoms with E-state index in [0.717, 1.165) is 0 Å². The molecule has 0 unspecified atom stereocenters. The van der Waals surface area contributed by atoms with E-state index in [1.54, 1.807) is 13.0 Å². The molecule has 1 aromatic rings. The lowest BCUT2D eigenvalue weighted by Crippen LogP contribution is -2.25. The Morgan fingerprint density at radius 3 is 2.69 bits per heavy atom. The van der Waals surface area contributed by atoms with Crippen LogP contribution in [0.3, 0.4) is 0 Å². The van der Waals surface area contributed by atoms with Crippen molar-refractivity contribution in [1.29, 1.82) is 0 Å². The second kappa shape index (κ2) is 5.51. The molecule has 16 heavy (non-hydrogen) atoms. The van der Waals surface area contributed by atoms with Crippen molar-refractivity contribution in [2.24, 2.45) is 0 Å². The molecule has 0 amide bonds. The average molecular weight is 243 g/mol. The Labute approximate surface area is 98.1 Å². The van der Waals surface area contributed by atoms with Crippen LogP contribution in [-0.4, -0.2) is 25.5 Å². The van der Waals surface area contributed by atoms with Gasteiger partial charge in [-0.05, 0) is 25.1 Å². The SMILES string of the molecule is COC(=O)[C@@H](C)Oc1ccc(C=O)cc1Cl. The Bertz CT molecular complexity index is 403. The van der Waals surface area contributed by atoms with Crippen LogP contribution in [-0.2, 0) is 9.53 Å². The van der Waals surface area contributed by atoms with Gasteiger partial charge in [-0.2, -0.15) is 0 Å². The molecule has 0 aliphatic carbocycles. The van der Waals surface area contributed by atoms with Crippen LogP contribution >= 0.6 is 11.6 Å². The van der Waals surface area contributed by atoms with Gasteiger partial charge in [-0.3, -0.25) is 4.79 Å². The molecule has 0 heterocycles. The number of aldehydes is 1. The first-order valence-electron chi connectivity index (χ1n) is 4.57. The van der Waals surface area contributed by atoms with Gasteiger partial charge < -0.3 is 9.47 Å². The van der Waals surface area contributed by atoms with Gasteiger partial charge in [0.1, 0.15) is 12.0 Å². The molecule has 0 aromatic heterocycles. The monoisotopic (exact) mass is 242 g/mol. The van der Waals surface area contributed by atoms with Crippen LogP contribution in [0.4, 0.5) is 0 Å². The van der Waals surface area contributed by atoms with Crippen LogP contribution < -0.4 is 4.74 Å². The summed E-state index contributed by atoms with van der Waals surface area (Å²) < 4.78 is 9.78. The van der Waals surface area contributed by atoms with E-state index in [9.17, 15) is 9.59 Å². The summed E-state index contributed by atoms with van der Waals surface area (Å²) in [5.41, 5.74) is 0.447. The third-order valence-corrected chi connectivity index (χ3v) is 2.22. The first-order chi connectivity index (χ1) is 7.58. The second-order valence-electron chi connectivity index (χ2n) is 3.09. The van der Waals surface area contributed by atoms with Crippen LogP contribution in [0, 0.1) is 0 Å². The highest BCUT2D eigenvalue weighted by Gasteiger charge is 2.16. The second-order valence-corrected chi connectivity index (χ2v) is 3.50. The summed E-state index contributed by atoms with van der Waals surface area (Å²) in [4.78, 5) is 21.6. The topological polar surface area (TPSA) is 52.6 Å². The normalized spacial score (nSPS) is 11.7. The zero-order valence-corrected chi connectivity index (χ0v) is 9.65. The number of esters is 1. The van der Waals surface area contributed by atoms with Crippen LogP contribution in [0.5, 0.6) is 5.75 Å². The van der Waals surface area contributed by atoms with Crippen LogP contribution in [0.2, 0.25) is 5.02 Å². The third kappa shape index (κ3) is 2.97. The van der Waals surface area contributed by atoms with Crippen molar-refractivity contribution in [3.8, 4) is 5.75 Å². The number of carbonyl (C=O) groups is 2. The number of benzene rings is 1. The fraction of sp³-hybridized carbons (Fsp3) is 0.273. The highest BCUT2D eigenvalue weighted by molar-refractivity contribution is 6.32. The smallest absolute Gasteiger partial charge is 0.346 e. The summed E-state index contributed by atoms with van der Waals surface area (Å²) in [5, 5.41) is 0.278. The van der Waals surface area contributed by atoms with E-state index in [1.807, 2.05) is 0 Å². The maximum absolute atomic E-state index is 11.1. The van der Waals surface area contributed by atoms with Crippen molar-refractivity contribution in [2.45, 2.75) is 13.0 Å². The zero-order chi connectivity index (χ0) is 12.1. The van der Waals surface area contributed by atoms with E-state index < -0.39 is 12.1 Å². The molecule has 0 spiro atoms. The fourth-order valence-electron chi connectivity index (χ4n) is 1.09. The lowest BCUT2D eigenvalue weighted by molar-refractivity contribution is -0.147. The van der Waals surface area contributed by atoms with Gasteiger partial charge in [0.2, 0.25) is 0 Å². The molecule has 0 bridgehead atoms. The predicted octanol–water partition coefficient (Wildman–Crippen LogP) is 2.09. The Morgan fingerprint density at radius 2 is 2.19 bits per heavy atom. The summed E-state index contributed by atoms with van der Waals surface area (Å²) in [6, 6.07) is 4.55. The molecule has 1 atom stereocenters. The van der Waals surface area contributed by atoms with Crippen molar-refractivity contribution in [3.63, 3.8) is 0 Å². The first kappa shape index (κ1) is 12.5. The summed E-state index contributed by atoms with van der Waals surface area (Å²) >= 11 is 5.86. The van der Waals surface area contributed by atoms with E-state index in [0.29, 0.717) is 17.6 Å². The van der Waals surface area contributed by atoms with Gasteiger partial charge in [0, 0.05) is 5.56 Å². The number of rotatable bonds is 4. The van der Waals surface area contributed by atoms with Crippen LogP contribution in [0.15, 0.2) is 18.2 Å². The maximum Gasteiger partial charge on any atom is 0.346 e. The maximum atomic E-state index is 11.1. The van der Waals surface area contributed by atoms with Gasteiger partial charge in [0.05, 0.1) is 12.1 Å². The Hall–Kier alpha value is -1.55. The third-order valence-electron chi connectivity index (χ3n) is 1.93. The number of hydrogen-bond donors (Lipinski definition) is 0. The average Bonchev–Trinajstić information content (AvgIpc) is 2.30. The molecule has 86 valence electrons. The summed E-state index contributed by atoms with van der Waals surface area (Å²) in [6.07, 6.45) is -0.0658. The molecule has 0 fully saturated rings. The molecule has 4 nitrogen and oxygen atoms in total. The molecule has 1 aromatic carbocycles. The lowest BCUT2D eigenvalue weighted by atomic mass is 10.2. The number of halogens is 1. The molecular weight excluding hydrogens is 232 g/mol. The molecule has 0 N–H and O–H groups in total. The summed E-state index contributed by atoms with van der Waals surface area (Å²) in [7, 11) is 1.28. The van der Waals surface area contributed by atoms with E-state index >= 15 is 0 Å². The van der Waals surface area contributed by atoms with Crippen molar-refractivity contribution in [1.82, 2.24) is 0 Å². The van der Waals surface area contributed by atoms with Gasteiger partial charge in [-0.15, -0.1) is 0 Å². The van der Waals surface area contributed by atoms with E-state index in [-0.39, 0.29) is 5.02 Å². The number of methoxy groups -OCH3 is 1. The molecule has 1 rings (SSSR count). The van der Waals surface area contributed by atoms with Crippen molar-refractivity contribution >= 4 is 23.9 Å². The van der Waals surface area contributed by atoms with Gasteiger partial charge in [-0.1, -0.05) is 11.6 Å². The number of carbonyl (C=O) groups excluding carboxylic acids is 2. The van der Waals surface area contributed by atoms with E-state index in [4.69, 9.17) is 16.3 Å². The van der Waals surface area contributed by atoms with Gasteiger partial charge in [-0.25, -0.2) is 4.79 Å². The molecule has 0 aliphatic rings. The van der Waals surface area contributed by atoms with Gasteiger partial charge in [0.15, 0.2) is 6.10 Å². The molecule has 0 saturated heterocycles. The quantitative estimate of drug-likeness (QED) is 0.599. The van der Waals surface area contributed by atoms with Crippen molar-refractivity contribution in [2.75, 3.05) is 7.11 Å². The first-order valence-corrected chi connectivity index (χ1v) is 4.95. The standard InChI is InChI=1S/C11H11ClO4/c1-7(11(14)15-2)16-10-4-3-8(6-13)5-9(10)12/h3-7H,1-2H3/t7-/m1/s1. The molecular formula is C11H11ClO4. The van der Waals surface area contributed by atoms with Crippen molar-refractivity contribution < 1.29 is 19.1 Å². The van der Waals surface area contributed by atoms with E-state index in [2.05, 4.69) is 4.74 Å². The van der Waals surface area contributed by atoms with Crippen molar-refractivity contribution in [3.05, 3.63) is 28.8 Å². The minimum atomic E-state index is -0.746. The Morgan fingerprint density at radius 1 is 1.50 bits per heavy atom. The fourth-order valence-corrected chi connectivity index (χ4v) is 1.32. The van der Waals surface area contributed by atoms with Gasteiger partial charge in [0.25, 0.3) is 0 Å². The number of hydrogen-bond acceptors (Lipinski definition) is 4. The molecule has 0 radical (unpaired) electrons. The molecule has 0 saturated carbocycles. The minimum absolute atomic E-state index is 0.278. The Balaban J connectivity index is 2.82. The molecule has 0 aliphatic heterocycles. The molecule has 5 heteroatoms. The van der Waals surface area contributed by atoms with E-state index in [1.165, 1.54) is 19.2 Å². The Kier molecular flexibility index (Phi) is 4.31. The van der Waals surface area contributed by atoms with Gasteiger partial charge >= 0.3 is 5.97 Å². The van der Waals surface area contributed by atoms with Crippen LogP contribution in [0.25, 0.3) is 0 Å². The number of ether oxygens (including phenoxy) is 2. The highest BCUT2D eigenvalue weighted by Crippen LogP contribution is 2.26. The minimum Gasteiger partial charge on any atom is -0.477 e.